The molecule has 2 amide bonds. The number of ether oxygens (including phenoxy) is 2. The van der Waals surface area contributed by atoms with Crippen LogP contribution in [0.15, 0.2) is 86.7 Å². The number of hydrogen-bond acceptors (Lipinski definition) is 9. The fourth-order valence-electron chi connectivity index (χ4n) is 8.52. The van der Waals surface area contributed by atoms with Crippen molar-refractivity contribution >= 4 is 40.1 Å². The largest absolute Gasteiger partial charge is 0.508 e. The molecule has 4 atom stereocenters. The van der Waals surface area contributed by atoms with E-state index in [9.17, 15) is 29.1 Å². The van der Waals surface area contributed by atoms with E-state index in [1.165, 1.54) is 45.2 Å². The molecule has 1 aliphatic carbocycles. The second-order valence-corrected chi connectivity index (χ2v) is 14.2. The number of fused-ring (bicyclic) bond motifs is 5. The molecule has 0 bridgehead atoms. The van der Waals surface area contributed by atoms with E-state index in [-0.39, 0.29) is 42.4 Å². The maximum absolute atomic E-state index is 14.5. The van der Waals surface area contributed by atoms with Crippen LogP contribution in [0.2, 0.25) is 5.02 Å². The Morgan fingerprint density at radius 3 is 2.38 bits per heavy atom. The first kappa shape index (κ1) is 34.2. The smallest absolute Gasteiger partial charge is 0.347 e. The monoisotopic (exact) mass is 738 g/mol. The molecule has 5 aromatic rings. The van der Waals surface area contributed by atoms with Crippen molar-refractivity contribution in [1.82, 2.24) is 23.5 Å². The van der Waals surface area contributed by atoms with Crippen molar-refractivity contribution in [1.29, 1.82) is 0 Å². The fourth-order valence-corrected chi connectivity index (χ4v) is 8.81. The van der Waals surface area contributed by atoms with Gasteiger partial charge in [-0.25, -0.2) is 33.4 Å². The number of allylic oxidation sites excluding steroid dienone is 2. The van der Waals surface area contributed by atoms with E-state index in [0.717, 1.165) is 4.57 Å². The SMILES string of the molecule is COc1cc2nc(CCn3c(=O)n4n(c3=O)[C@@H]3C[C@H]5C(=O)N(c6ccccc6)C(=O)[C@@]5(C)[C@@H](c5ccc(O)cc5Cl)C3=CC4)c(=O)n(C)c2cc1OC. The first-order chi connectivity index (χ1) is 25.4. The third-order valence-corrected chi connectivity index (χ3v) is 11.5. The van der Waals surface area contributed by atoms with Gasteiger partial charge in [-0.2, -0.15) is 0 Å². The Kier molecular flexibility index (Phi) is 7.98. The Morgan fingerprint density at radius 1 is 0.962 bits per heavy atom. The summed E-state index contributed by atoms with van der Waals surface area (Å²) in [5.74, 6) is -1.68. The molecule has 2 fully saturated rings. The van der Waals surface area contributed by atoms with Gasteiger partial charge in [-0.1, -0.05) is 41.9 Å². The van der Waals surface area contributed by atoms with E-state index in [1.54, 1.807) is 62.5 Å². The van der Waals surface area contributed by atoms with Crippen LogP contribution in [0.1, 0.15) is 36.6 Å². The number of anilines is 1. The minimum atomic E-state index is -1.31. The summed E-state index contributed by atoms with van der Waals surface area (Å²) in [6.45, 7) is 1.63. The normalized spacial score (nSPS) is 22.0. The lowest BCUT2D eigenvalue weighted by Gasteiger charge is -2.47. The quantitative estimate of drug-likeness (QED) is 0.195. The molecule has 53 heavy (non-hydrogen) atoms. The number of phenolic OH excluding ortho intramolecular Hbond substituents is 1. The average Bonchev–Trinajstić information content (AvgIpc) is 3.51. The van der Waals surface area contributed by atoms with Crippen LogP contribution in [0, 0.1) is 11.3 Å². The molecule has 3 aromatic carbocycles. The minimum absolute atomic E-state index is 0.0159. The third-order valence-electron chi connectivity index (χ3n) is 11.1. The summed E-state index contributed by atoms with van der Waals surface area (Å²) in [6, 6.07) is 15.7. The molecule has 0 radical (unpaired) electrons. The van der Waals surface area contributed by atoms with Gasteiger partial charge in [0.05, 0.1) is 54.9 Å². The van der Waals surface area contributed by atoms with Gasteiger partial charge in [0.15, 0.2) is 11.5 Å². The van der Waals surface area contributed by atoms with E-state index >= 15 is 0 Å². The van der Waals surface area contributed by atoms with Crippen molar-refractivity contribution in [3.63, 3.8) is 0 Å². The number of carbonyl (C=O) groups is 2. The second-order valence-electron chi connectivity index (χ2n) is 13.8. The second kappa shape index (κ2) is 12.4. The van der Waals surface area contributed by atoms with Crippen molar-refractivity contribution in [3.05, 3.63) is 120 Å². The van der Waals surface area contributed by atoms with Crippen LogP contribution in [-0.2, 0) is 36.1 Å². The molecule has 1 saturated heterocycles. The number of aromatic hydroxyl groups is 1. The highest BCUT2D eigenvalue weighted by Gasteiger charge is 2.65. The molecule has 272 valence electrons. The summed E-state index contributed by atoms with van der Waals surface area (Å²) in [7, 11) is 4.60. The van der Waals surface area contributed by atoms with Crippen LogP contribution >= 0.6 is 11.6 Å². The summed E-state index contributed by atoms with van der Waals surface area (Å²) in [4.78, 5) is 76.2. The summed E-state index contributed by atoms with van der Waals surface area (Å²) >= 11 is 6.77. The van der Waals surface area contributed by atoms with E-state index < -0.39 is 52.0 Å². The number of rotatable bonds is 7. The molecule has 8 rings (SSSR count). The standard InChI is InChI=1S/C38H35ClN6O8/c1-38-24(33(47)44(35(38)49)20-8-6-5-7-9-20)17-28-23(32(38)22-11-10-21(46)16-25(22)39)12-15-43-36(50)42(37(51)45(28)43)14-13-26-34(48)41(2)29-19-31(53-4)30(52-3)18-27(29)40-26/h5-12,16,18-19,24,28,32,46H,13-15,17H2,1-4H3/t24-,28+,32-,38+/m0/s1. The number of imide groups is 1. The Labute approximate surface area is 306 Å². The van der Waals surface area contributed by atoms with Gasteiger partial charge in [-0.05, 0) is 48.7 Å². The van der Waals surface area contributed by atoms with Crippen LogP contribution in [0.3, 0.4) is 0 Å². The number of carbonyl (C=O) groups excluding carboxylic acids is 2. The van der Waals surface area contributed by atoms with Gasteiger partial charge >= 0.3 is 11.4 Å². The number of hydrogen-bond donors (Lipinski definition) is 1. The zero-order valence-corrected chi connectivity index (χ0v) is 30.0. The Hall–Kier alpha value is -5.89. The number of aromatic nitrogens is 5. The summed E-state index contributed by atoms with van der Waals surface area (Å²) in [5, 5.41) is 10.4. The first-order valence-electron chi connectivity index (χ1n) is 17.1. The van der Waals surface area contributed by atoms with Crippen molar-refractivity contribution in [2.45, 2.75) is 44.8 Å². The molecule has 4 heterocycles. The Bertz CT molecular complexity index is 2590. The van der Waals surface area contributed by atoms with Gasteiger partial charge in [-0.3, -0.25) is 14.4 Å². The predicted octanol–water partition coefficient (Wildman–Crippen LogP) is 3.54. The van der Waals surface area contributed by atoms with Crippen LogP contribution in [0.5, 0.6) is 17.2 Å². The van der Waals surface area contributed by atoms with Gasteiger partial charge in [0.25, 0.3) is 5.56 Å². The van der Waals surface area contributed by atoms with Crippen molar-refractivity contribution in [2.75, 3.05) is 19.1 Å². The molecule has 1 saturated carbocycles. The van der Waals surface area contributed by atoms with Gasteiger partial charge in [0, 0.05) is 43.1 Å². The predicted molar refractivity (Wildman–Crippen MR) is 195 cm³/mol. The number of nitrogens with zero attached hydrogens (tertiary/aromatic N) is 6. The van der Waals surface area contributed by atoms with Gasteiger partial charge in [0.2, 0.25) is 11.8 Å². The maximum atomic E-state index is 14.5. The topological polar surface area (TPSA) is 160 Å². The Balaban J connectivity index is 1.21. The number of aryl methyl sites for hydroxylation is 2. The highest BCUT2D eigenvalue weighted by Crippen LogP contribution is 2.62. The average molecular weight is 739 g/mol. The summed E-state index contributed by atoms with van der Waals surface area (Å²) in [5.41, 5.74) is -0.150. The van der Waals surface area contributed by atoms with E-state index in [2.05, 4.69) is 4.98 Å². The summed E-state index contributed by atoms with van der Waals surface area (Å²) < 4.78 is 16.0. The molecule has 1 N–H and O–H groups in total. The number of phenols is 1. The molecule has 3 aliphatic rings. The molecule has 15 heteroatoms. The fraction of sp³-hybridized carbons (Fsp3) is 0.316. The van der Waals surface area contributed by atoms with Crippen LogP contribution in [0.4, 0.5) is 5.69 Å². The minimum Gasteiger partial charge on any atom is -0.508 e. The van der Waals surface area contributed by atoms with Gasteiger partial charge < -0.3 is 19.1 Å². The van der Waals surface area contributed by atoms with Gasteiger partial charge in [-0.15, -0.1) is 0 Å². The molecular formula is C38H35ClN6O8. The summed E-state index contributed by atoms with van der Waals surface area (Å²) in [6.07, 6.45) is 1.88. The zero-order chi connectivity index (χ0) is 37.5. The number of methoxy groups -OCH3 is 2. The highest BCUT2D eigenvalue weighted by atomic mass is 35.5. The van der Waals surface area contributed by atoms with Crippen LogP contribution < -0.4 is 31.3 Å². The lowest BCUT2D eigenvalue weighted by molar-refractivity contribution is -0.129. The number of halogens is 1. The van der Waals surface area contributed by atoms with Crippen molar-refractivity contribution < 1.29 is 24.2 Å². The van der Waals surface area contributed by atoms with Crippen LogP contribution in [-0.4, -0.2) is 54.6 Å². The maximum Gasteiger partial charge on any atom is 0.347 e. The number of amides is 2. The van der Waals surface area contributed by atoms with E-state index in [1.807, 2.05) is 6.08 Å². The molecular weight excluding hydrogens is 704 g/mol. The lowest BCUT2D eigenvalue weighted by Crippen LogP contribution is -2.49. The first-order valence-corrected chi connectivity index (χ1v) is 17.4. The molecule has 0 spiro atoms. The molecule has 14 nitrogen and oxygen atoms in total. The number of benzene rings is 3. The molecule has 2 aromatic heterocycles. The lowest BCUT2D eigenvalue weighted by atomic mass is 9.56. The van der Waals surface area contributed by atoms with E-state index in [4.69, 9.17) is 21.1 Å². The van der Waals surface area contributed by atoms with Crippen LogP contribution in [0.25, 0.3) is 11.0 Å². The number of para-hydroxylation sites is 1. The molecule has 2 aliphatic heterocycles. The zero-order valence-electron chi connectivity index (χ0n) is 29.3. The van der Waals surface area contributed by atoms with Gasteiger partial charge in [0.1, 0.15) is 11.4 Å². The van der Waals surface area contributed by atoms with E-state index in [0.29, 0.717) is 39.4 Å². The third kappa shape index (κ3) is 4.91. The molecule has 0 unspecified atom stereocenters. The van der Waals surface area contributed by atoms with Crippen molar-refractivity contribution in [3.8, 4) is 17.2 Å². The van der Waals surface area contributed by atoms with Crippen molar-refractivity contribution in [2.24, 2.45) is 18.4 Å². The highest BCUT2D eigenvalue weighted by molar-refractivity contribution is 6.32. The Morgan fingerprint density at radius 2 is 1.68 bits per heavy atom.